The molecule has 0 aromatic carbocycles. The Balaban J connectivity index is 2.16. The summed E-state index contributed by atoms with van der Waals surface area (Å²) in [5.41, 5.74) is 0. The van der Waals surface area contributed by atoms with Crippen LogP contribution in [0.5, 0.6) is 0 Å². The van der Waals surface area contributed by atoms with Crippen LogP contribution in [0.2, 0.25) is 0 Å². The summed E-state index contributed by atoms with van der Waals surface area (Å²) < 4.78 is 4.61. The molecule has 0 aromatic rings. The molecule has 1 fully saturated rings. The molecule has 0 radical (unpaired) electrons. The lowest BCUT2D eigenvalue weighted by molar-refractivity contribution is -0.141. The van der Waals surface area contributed by atoms with Crippen LogP contribution in [-0.2, 0) is 9.53 Å². The van der Waals surface area contributed by atoms with E-state index in [0.29, 0.717) is 11.5 Å². The first-order chi connectivity index (χ1) is 7.61. The van der Waals surface area contributed by atoms with Gasteiger partial charge in [-0.3, -0.25) is 9.69 Å². The Bertz CT molecular complexity index is 250. The molecule has 1 aliphatic rings. The van der Waals surface area contributed by atoms with E-state index in [1.54, 1.807) is 0 Å². The third kappa shape index (κ3) is 4.96. The molecule has 4 nitrogen and oxygen atoms in total. The molecule has 92 valence electrons. The molecule has 1 aliphatic heterocycles. The molecule has 0 unspecified atom stereocenters. The molecule has 0 atom stereocenters. The smallest absolute Gasteiger partial charge is 0.306 e. The molecule has 5 heteroatoms. The van der Waals surface area contributed by atoms with Gasteiger partial charge in [0.25, 0.3) is 0 Å². The standard InChI is InChI=1S/C11H19ClN2O2/c1-10(12)9-14-7-5-13(6-8-14)4-3-11(15)16-2/h1,3-9H2,2H3. The van der Waals surface area contributed by atoms with Crippen molar-refractivity contribution in [2.24, 2.45) is 0 Å². The quantitative estimate of drug-likeness (QED) is 0.676. The molecular weight excluding hydrogens is 228 g/mol. The summed E-state index contributed by atoms with van der Waals surface area (Å²) in [6.45, 7) is 9.13. The Kier molecular flexibility index (Phi) is 5.80. The average molecular weight is 247 g/mol. The number of hydrogen-bond donors (Lipinski definition) is 0. The summed E-state index contributed by atoms with van der Waals surface area (Å²) in [6.07, 6.45) is 0.471. The molecule has 0 saturated carbocycles. The second-order valence-electron chi connectivity index (χ2n) is 3.96. The highest BCUT2D eigenvalue weighted by Crippen LogP contribution is 2.06. The monoisotopic (exact) mass is 246 g/mol. The van der Waals surface area contributed by atoms with Crippen LogP contribution in [0.4, 0.5) is 0 Å². The van der Waals surface area contributed by atoms with E-state index in [9.17, 15) is 4.79 Å². The van der Waals surface area contributed by atoms with Gasteiger partial charge in [-0.1, -0.05) is 18.2 Å². The lowest BCUT2D eigenvalue weighted by Crippen LogP contribution is -2.47. The number of carbonyl (C=O) groups excluding carboxylic acids is 1. The van der Waals surface area contributed by atoms with Crippen LogP contribution in [0.3, 0.4) is 0 Å². The van der Waals surface area contributed by atoms with Gasteiger partial charge in [-0.05, 0) is 0 Å². The van der Waals surface area contributed by atoms with Crippen molar-refractivity contribution in [3.8, 4) is 0 Å². The first-order valence-electron chi connectivity index (χ1n) is 5.46. The van der Waals surface area contributed by atoms with E-state index in [1.165, 1.54) is 7.11 Å². The second kappa shape index (κ2) is 6.89. The van der Waals surface area contributed by atoms with Gasteiger partial charge in [0.15, 0.2) is 0 Å². The van der Waals surface area contributed by atoms with Gasteiger partial charge >= 0.3 is 5.97 Å². The van der Waals surface area contributed by atoms with E-state index in [2.05, 4.69) is 21.1 Å². The Morgan fingerprint density at radius 3 is 2.38 bits per heavy atom. The fourth-order valence-corrected chi connectivity index (χ4v) is 1.93. The van der Waals surface area contributed by atoms with Gasteiger partial charge in [0.05, 0.1) is 13.5 Å². The summed E-state index contributed by atoms with van der Waals surface area (Å²) in [6, 6.07) is 0. The van der Waals surface area contributed by atoms with Gasteiger partial charge < -0.3 is 9.64 Å². The highest BCUT2D eigenvalue weighted by molar-refractivity contribution is 6.29. The van der Waals surface area contributed by atoms with Gasteiger partial charge in [0.2, 0.25) is 0 Å². The SMILES string of the molecule is C=C(Cl)CN1CCN(CCC(=O)OC)CC1. The Hall–Kier alpha value is -0.580. The molecule has 1 saturated heterocycles. The molecule has 16 heavy (non-hydrogen) atoms. The van der Waals surface area contributed by atoms with Crippen LogP contribution in [0.25, 0.3) is 0 Å². The van der Waals surface area contributed by atoms with Crippen molar-refractivity contribution >= 4 is 17.6 Å². The lowest BCUT2D eigenvalue weighted by atomic mass is 10.3. The molecule has 0 aliphatic carbocycles. The number of halogens is 1. The van der Waals surface area contributed by atoms with Gasteiger partial charge in [-0.2, -0.15) is 0 Å². The largest absolute Gasteiger partial charge is 0.469 e. The van der Waals surface area contributed by atoms with Crippen molar-refractivity contribution in [1.82, 2.24) is 9.80 Å². The predicted molar refractivity (Wildman–Crippen MR) is 64.5 cm³/mol. The normalized spacial score (nSPS) is 18.4. The molecule has 0 spiro atoms. The zero-order valence-corrected chi connectivity index (χ0v) is 10.5. The van der Waals surface area contributed by atoms with Crippen molar-refractivity contribution in [3.05, 3.63) is 11.6 Å². The fraction of sp³-hybridized carbons (Fsp3) is 0.727. The summed E-state index contributed by atoms with van der Waals surface area (Å²) in [5.74, 6) is -0.142. The Morgan fingerprint density at radius 1 is 1.31 bits per heavy atom. The molecule has 1 heterocycles. The van der Waals surface area contributed by atoms with Crippen molar-refractivity contribution in [2.75, 3.05) is 46.4 Å². The highest BCUT2D eigenvalue weighted by atomic mass is 35.5. The van der Waals surface area contributed by atoms with E-state index >= 15 is 0 Å². The number of hydrogen-bond acceptors (Lipinski definition) is 4. The van der Waals surface area contributed by atoms with Crippen molar-refractivity contribution in [2.45, 2.75) is 6.42 Å². The third-order valence-electron chi connectivity index (χ3n) is 2.72. The van der Waals surface area contributed by atoms with Crippen LogP contribution in [0.15, 0.2) is 11.6 Å². The lowest BCUT2D eigenvalue weighted by Gasteiger charge is -2.34. The minimum absolute atomic E-state index is 0.142. The number of rotatable bonds is 5. The van der Waals surface area contributed by atoms with Gasteiger partial charge in [-0.15, -0.1) is 0 Å². The Labute approximate surface area is 102 Å². The maximum Gasteiger partial charge on any atom is 0.306 e. The minimum Gasteiger partial charge on any atom is -0.469 e. The van der Waals surface area contributed by atoms with E-state index in [0.717, 1.165) is 39.3 Å². The van der Waals surface area contributed by atoms with Gasteiger partial charge in [0, 0.05) is 44.3 Å². The van der Waals surface area contributed by atoms with Crippen LogP contribution in [-0.4, -0.2) is 62.1 Å². The molecule has 1 rings (SSSR count). The molecular formula is C11H19ClN2O2. The number of esters is 1. The third-order valence-corrected chi connectivity index (χ3v) is 2.84. The summed E-state index contributed by atoms with van der Waals surface area (Å²) in [7, 11) is 1.42. The maximum absolute atomic E-state index is 11.0. The number of methoxy groups -OCH3 is 1. The van der Waals surface area contributed by atoms with E-state index in [-0.39, 0.29) is 5.97 Å². The highest BCUT2D eigenvalue weighted by Gasteiger charge is 2.17. The first-order valence-corrected chi connectivity index (χ1v) is 5.84. The Morgan fingerprint density at radius 2 is 1.88 bits per heavy atom. The van der Waals surface area contributed by atoms with Crippen LogP contribution in [0, 0.1) is 0 Å². The molecule has 0 aromatic heterocycles. The average Bonchev–Trinajstić information content (AvgIpc) is 2.27. The van der Waals surface area contributed by atoms with Crippen LogP contribution in [0.1, 0.15) is 6.42 Å². The minimum atomic E-state index is -0.142. The van der Waals surface area contributed by atoms with Crippen molar-refractivity contribution < 1.29 is 9.53 Å². The van der Waals surface area contributed by atoms with Gasteiger partial charge in [0.1, 0.15) is 0 Å². The van der Waals surface area contributed by atoms with E-state index in [4.69, 9.17) is 11.6 Å². The number of nitrogens with zero attached hydrogens (tertiary/aromatic N) is 2. The fourth-order valence-electron chi connectivity index (χ4n) is 1.77. The van der Waals surface area contributed by atoms with E-state index in [1.807, 2.05) is 0 Å². The van der Waals surface area contributed by atoms with Crippen LogP contribution >= 0.6 is 11.6 Å². The number of piperazine rings is 1. The van der Waals surface area contributed by atoms with Crippen molar-refractivity contribution in [3.63, 3.8) is 0 Å². The maximum atomic E-state index is 11.0. The zero-order valence-electron chi connectivity index (χ0n) is 9.75. The second-order valence-corrected chi connectivity index (χ2v) is 4.50. The van der Waals surface area contributed by atoms with Crippen LogP contribution < -0.4 is 0 Å². The first kappa shape index (κ1) is 13.5. The zero-order chi connectivity index (χ0) is 12.0. The number of ether oxygens (including phenoxy) is 1. The number of carbonyl (C=O) groups is 1. The summed E-state index contributed by atoms with van der Waals surface area (Å²) in [5, 5.41) is 0.683. The molecule has 0 N–H and O–H groups in total. The molecule has 0 bridgehead atoms. The van der Waals surface area contributed by atoms with Crippen molar-refractivity contribution in [1.29, 1.82) is 0 Å². The van der Waals surface area contributed by atoms with Gasteiger partial charge in [-0.25, -0.2) is 0 Å². The summed E-state index contributed by atoms with van der Waals surface area (Å²) >= 11 is 5.76. The topological polar surface area (TPSA) is 32.8 Å². The van der Waals surface area contributed by atoms with E-state index < -0.39 is 0 Å². The molecule has 0 amide bonds. The summed E-state index contributed by atoms with van der Waals surface area (Å²) in [4.78, 5) is 15.5. The predicted octanol–water partition coefficient (Wildman–Crippen LogP) is 0.920.